The summed E-state index contributed by atoms with van der Waals surface area (Å²) in [5.41, 5.74) is -0.655. The van der Waals surface area contributed by atoms with E-state index in [-0.39, 0.29) is 40.9 Å². The van der Waals surface area contributed by atoms with E-state index in [1.807, 2.05) is 6.92 Å². The summed E-state index contributed by atoms with van der Waals surface area (Å²) in [5.74, 6) is 1.77. The van der Waals surface area contributed by atoms with Crippen LogP contribution in [0.1, 0.15) is 92.9 Å². The van der Waals surface area contributed by atoms with Crippen molar-refractivity contribution < 1.29 is 24.2 Å². The average molecular weight is 435 g/mol. The molecule has 0 radical (unpaired) electrons. The third kappa shape index (κ3) is 3.73. The molecule has 1 N–H and O–H groups in total. The first-order valence-corrected chi connectivity index (χ1v) is 12.5. The van der Waals surface area contributed by atoms with Gasteiger partial charge in [-0.1, -0.05) is 13.8 Å². The quantitative estimate of drug-likeness (QED) is 0.640. The van der Waals surface area contributed by atoms with Gasteiger partial charge in [0, 0.05) is 19.8 Å². The van der Waals surface area contributed by atoms with Gasteiger partial charge in [-0.3, -0.25) is 9.59 Å². The topological polar surface area (TPSA) is 72.8 Å². The first-order valence-electron chi connectivity index (χ1n) is 12.5. The number of carbonyl (C=O) groups excluding carboxylic acids is 2. The Hall–Kier alpha value is -1.10. The minimum absolute atomic E-state index is 0.00231. The largest absolute Gasteiger partial charge is 0.463 e. The van der Waals surface area contributed by atoms with E-state index < -0.39 is 5.60 Å². The van der Waals surface area contributed by atoms with Gasteiger partial charge in [-0.15, -0.1) is 0 Å². The third-order valence-electron chi connectivity index (χ3n) is 10.1. The number of carbonyl (C=O) groups is 2. The van der Waals surface area contributed by atoms with Gasteiger partial charge in [0.25, 0.3) is 0 Å². The zero-order chi connectivity index (χ0) is 22.8. The van der Waals surface area contributed by atoms with Gasteiger partial charge in [-0.25, -0.2) is 0 Å². The molecular weight excluding hydrogens is 392 g/mol. The molecule has 176 valence electrons. The fourth-order valence-corrected chi connectivity index (χ4v) is 9.49. The molecule has 0 amide bonds. The van der Waals surface area contributed by atoms with Crippen LogP contribution >= 0.6 is 0 Å². The number of hydrogen-bond acceptors (Lipinski definition) is 5. The highest BCUT2D eigenvalue weighted by Gasteiger charge is 2.67. The maximum absolute atomic E-state index is 12.0. The van der Waals surface area contributed by atoms with Gasteiger partial charge in [0.1, 0.15) is 12.2 Å². The van der Waals surface area contributed by atoms with Gasteiger partial charge in [0.2, 0.25) is 0 Å². The minimum Gasteiger partial charge on any atom is -0.463 e. The van der Waals surface area contributed by atoms with E-state index in [1.165, 1.54) is 20.3 Å². The van der Waals surface area contributed by atoms with Crippen molar-refractivity contribution in [1.82, 2.24) is 0 Å². The predicted octanol–water partition coefficient (Wildman–Crippen LogP) is 4.89. The molecule has 0 aromatic heterocycles. The molecule has 31 heavy (non-hydrogen) atoms. The molecule has 0 aromatic carbocycles. The van der Waals surface area contributed by atoms with Crippen LogP contribution in [0, 0.1) is 40.4 Å². The highest BCUT2D eigenvalue weighted by molar-refractivity contribution is 5.66. The first kappa shape index (κ1) is 23.1. The fourth-order valence-electron chi connectivity index (χ4n) is 9.49. The molecule has 10 atom stereocenters. The molecule has 0 aliphatic heterocycles. The summed E-state index contributed by atoms with van der Waals surface area (Å²) in [5, 5.41) is 12.0. The molecule has 4 aliphatic carbocycles. The summed E-state index contributed by atoms with van der Waals surface area (Å²) in [4.78, 5) is 23.1. The normalized spacial score (nSPS) is 49.9. The average Bonchev–Trinajstić information content (AvgIpc) is 2.96. The molecular formula is C26H42O5. The lowest BCUT2D eigenvalue weighted by Crippen LogP contribution is -2.64. The van der Waals surface area contributed by atoms with E-state index in [9.17, 15) is 14.7 Å². The standard InChI is InChI=1S/C26H42O5/c1-15(30-16(2)27)21-9-10-22-20-8-7-18-13-19(31-17(3)28)11-12-24(18,4)23(20)26(6,29)14-25(21,22)5/h15,18-23,29H,7-14H2,1-6H3/t15-,18-,19+,20-,21+,22-,23-,24-,25+,26-/m0/s1. The van der Waals surface area contributed by atoms with Crippen molar-refractivity contribution in [2.45, 2.75) is 111 Å². The predicted molar refractivity (Wildman–Crippen MR) is 118 cm³/mol. The van der Waals surface area contributed by atoms with Gasteiger partial charge < -0.3 is 14.6 Å². The van der Waals surface area contributed by atoms with E-state index >= 15 is 0 Å². The van der Waals surface area contributed by atoms with Crippen LogP contribution in [-0.2, 0) is 19.1 Å². The molecule has 0 spiro atoms. The van der Waals surface area contributed by atoms with Crippen molar-refractivity contribution >= 4 is 11.9 Å². The Bertz CT molecular complexity index is 731. The number of rotatable bonds is 3. The number of hydrogen-bond donors (Lipinski definition) is 1. The van der Waals surface area contributed by atoms with Crippen LogP contribution in [0.3, 0.4) is 0 Å². The second-order valence-electron chi connectivity index (χ2n) is 12.1. The molecule has 0 bridgehead atoms. The van der Waals surface area contributed by atoms with E-state index in [2.05, 4.69) is 20.8 Å². The van der Waals surface area contributed by atoms with E-state index in [1.54, 1.807) is 0 Å². The van der Waals surface area contributed by atoms with Crippen molar-refractivity contribution in [3.63, 3.8) is 0 Å². The Morgan fingerprint density at radius 1 is 0.968 bits per heavy atom. The summed E-state index contributed by atoms with van der Waals surface area (Å²) in [6.07, 6.45) is 8.09. The first-order chi connectivity index (χ1) is 14.4. The Morgan fingerprint density at radius 3 is 2.32 bits per heavy atom. The maximum Gasteiger partial charge on any atom is 0.302 e. The monoisotopic (exact) mass is 434 g/mol. The summed E-state index contributed by atoms with van der Waals surface area (Å²) >= 11 is 0. The maximum atomic E-state index is 12.0. The summed E-state index contributed by atoms with van der Waals surface area (Å²) < 4.78 is 11.2. The SMILES string of the molecule is CC(=O)O[C@@H]1CC[C@@]2(C)[C@@H](CC[C@H]3[C@@H]4CC[C@H]([C@H](C)OC(C)=O)[C@@]4(C)C[C@](C)(O)[C@@H]32)C1. The Labute approximate surface area is 187 Å². The van der Waals surface area contributed by atoms with Crippen LogP contribution in [0.15, 0.2) is 0 Å². The van der Waals surface area contributed by atoms with Gasteiger partial charge in [-0.05, 0) is 99.7 Å². The molecule has 5 nitrogen and oxygen atoms in total. The third-order valence-corrected chi connectivity index (χ3v) is 10.1. The fraction of sp³-hybridized carbons (Fsp3) is 0.923. The zero-order valence-corrected chi connectivity index (χ0v) is 20.3. The summed E-state index contributed by atoms with van der Waals surface area (Å²) in [6.45, 7) is 11.9. The van der Waals surface area contributed by atoms with Crippen LogP contribution in [0.5, 0.6) is 0 Å². The summed E-state index contributed by atoms with van der Waals surface area (Å²) in [7, 11) is 0. The minimum atomic E-state index is -0.740. The van der Waals surface area contributed by atoms with Crippen molar-refractivity contribution in [3.05, 3.63) is 0 Å². The molecule has 0 saturated heterocycles. The number of ether oxygens (including phenoxy) is 2. The smallest absolute Gasteiger partial charge is 0.302 e. The molecule has 4 fully saturated rings. The van der Waals surface area contributed by atoms with Gasteiger partial charge >= 0.3 is 11.9 Å². The van der Waals surface area contributed by atoms with Gasteiger partial charge in [0.05, 0.1) is 5.60 Å². The molecule has 4 aliphatic rings. The summed E-state index contributed by atoms with van der Waals surface area (Å²) in [6, 6.07) is 0. The Balaban J connectivity index is 1.60. The number of fused-ring (bicyclic) bond motifs is 5. The molecule has 4 rings (SSSR count). The van der Waals surface area contributed by atoms with Crippen LogP contribution < -0.4 is 0 Å². The lowest BCUT2D eigenvalue weighted by molar-refractivity contribution is -0.225. The van der Waals surface area contributed by atoms with Crippen LogP contribution in [0.4, 0.5) is 0 Å². The number of esters is 2. The molecule has 0 aromatic rings. The van der Waals surface area contributed by atoms with E-state index in [0.29, 0.717) is 23.7 Å². The number of aliphatic hydroxyl groups is 1. The highest BCUT2D eigenvalue weighted by atomic mass is 16.5. The Morgan fingerprint density at radius 2 is 1.68 bits per heavy atom. The lowest BCUT2D eigenvalue weighted by atomic mass is 9.41. The van der Waals surface area contributed by atoms with Crippen molar-refractivity contribution in [1.29, 1.82) is 0 Å². The lowest BCUT2D eigenvalue weighted by Gasteiger charge is -2.65. The second-order valence-corrected chi connectivity index (χ2v) is 12.1. The molecule has 0 heterocycles. The van der Waals surface area contributed by atoms with Crippen LogP contribution in [0.2, 0.25) is 0 Å². The van der Waals surface area contributed by atoms with Gasteiger partial charge in [0.15, 0.2) is 0 Å². The zero-order valence-electron chi connectivity index (χ0n) is 20.3. The second kappa shape index (κ2) is 7.74. The molecule has 5 heteroatoms. The van der Waals surface area contributed by atoms with Crippen LogP contribution in [-0.4, -0.2) is 34.9 Å². The van der Waals surface area contributed by atoms with Crippen LogP contribution in [0.25, 0.3) is 0 Å². The van der Waals surface area contributed by atoms with Crippen molar-refractivity contribution in [2.24, 2.45) is 40.4 Å². The van der Waals surface area contributed by atoms with Crippen molar-refractivity contribution in [3.8, 4) is 0 Å². The Kier molecular flexibility index (Phi) is 5.76. The van der Waals surface area contributed by atoms with Gasteiger partial charge in [-0.2, -0.15) is 0 Å². The highest BCUT2D eigenvalue weighted by Crippen LogP contribution is 2.70. The van der Waals surface area contributed by atoms with Crippen molar-refractivity contribution in [2.75, 3.05) is 0 Å². The van der Waals surface area contributed by atoms with E-state index in [0.717, 1.165) is 44.9 Å². The molecule has 4 saturated carbocycles. The molecule has 0 unspecified atom stereocenters. The van der Waals surface area contributed by atoms with E-state index in [4.69, 9.17) is 9.47 Å².